The van der Waals surface area contributed by atoms with Crippen molar-refractivity contribution in [3.63, 3.8) is 0 Å². The SMILES string of the molecule is CC(C)(C)S(=O)(=O)NCCC(N)C(=O)O. The van der Waals surface area contributed by atoms with Crippen LogP contribution in [0.4, 0.5) is 0 Å². The van der Waals surface area contributed by atoms with Crippen LogP contribution in [-0.2, 0) is 14.8 Å². The first-order valence-electron chi connectivity index (χ1n) is 4.55. The maximum Gasteiger partial charge on any atom is 0.320 e. The highest BCUT2D eigenvalue weighted by atomic mass is 32.2. The maximum absolute atomic E-state index is 11.5. The average molecular weight is 238 g/mol. The minimum atomic E-state index is -3.42. The number of aliphatic carboxylic acids is 1. The van der Waals surface area contributed by atoms with Gasteiger partial charge in [0.05, 0.1) is 4.75 Å². The Bertz CT molecular complexity index is 318. The summed E-state index contributed by atoms with van der Waals surface area (Å²) in [6.07, 6.45) is 0.0741. The van der Waals surface area contributed by atoms with Crippen LogP contribution < -0.4 is 10.5 Å². The summed E-state index contributed by atoms with van der Waals surface area (Å²) in [7, 11) is -3.42. The van der Waals surface area contributed by atoms with Gasteiger partial charge in [-0.2, -0.15) is 0 Å². The van der Waals surface area contributed by atoms with Crippen LogP contribution in [0.3, 0.4) is 0 Å². The highest BCUT2D eigenvalue weighted by Gasteiger charge is 2.28. The number of carboxylic acid groups (broad SMARTS) is 1. The summed E-state index contributed by atoms with van der Waals surface area (Å²) in [5.74, 6) is -1.13. The van der Waals surface area contributed by atoms with E-state index >= 15 is 0 Å². The predicted molar refractivity (Wildman–Crippen MR) is 56.9 cm³/mol. The minimum absolute atomic E-state index is 0.0348. The highest BCUT2D eigenvalue weighted by Crippen LogP contribution is 2.12. The molecule has 0 aliphatic carbocycles. The lowest BCUT2D eigenvalue weighted by atomic mass is 10.2. The number of sulfonamides is 1. The van der Waals surface area contributed by atoms with Crippen LogP contribution in [0.2, 0.25) is 0 Å². The molecule has 0 saturated carbocycles. The van der Waals surface area contributed by atoms with Crippen LogP contribution in [-0.4, -0.2) is 36.8 Å². The lowest BCUT2D eigenvalue weighted by Gasteiger charge is -2.20. The molecule has 0 spiro atoms. The molecule has 0 rings (SSSR count). The second-order valence-electron chi connectivity index (χ2n) is 4.24. The Morgan fingerprint density at radius 3 is 2.27 bits per heavy atom. The van der Waals surface area contributed by atoms with E-state index in [1.165, 1.54) is 0 Å². The van der Waals surface area contributed by atoms with E-state index in [0.29, 0.717) is 0 Å². The first-order chi connectivity index (χ1) is 6.58. The van der Waals surface area contributed by atoms with E-state index in [-0.39, 0.29) is 13.0 Å². The second kappa shape index (κ2) is 4.91. The van der Waals surface area contributed by atoms with Gasteiger partial charge in [0.2, 0.25) is 10.0 Å². The van der Waals surface area contributed by atoms with Crippen molar-refractivity contribution >= 4 is 16.0 Å². The van der Waals surface area contributed by atoms with Crippen molar-refractivity contribution in [3.05, 3.63) is 0 Å². The van der Waals surface area contributed by atoms with Crippen LogP contribution in [0.5, 0.6) is 0 Å². The molecule has 1 atom stereocenters. The standard InChI is InChI=1S/C8H18N2O4S/c1-8(2,3)15(13,14)10-5-4-6(9)7(11)12/h6,10H,4-5,9H2,1-3H3,(H,11,12). The minimum Gasteiger partial charge on any atom is -0.480 e. The number of nitrogens with two attached hydrogens (primary N) is 1. The summed E-state index contributed by atoms with van der Waals surface area (Å²) in [6, 6.07) is -1.03. The van der Waals surface area contributed by atoms with E-state index in [2.05, 4.69) is 4.72 Å². The van der Waals surface area contributed by atoms with Crippen molar-refractivity contribution < 1.29 is 18.3 Å². The first-order valence-corrected chi connectivity index (χ1v) is 6.04. The van der Waals surface area contributed by atoms with Crippen molar-refractivity contribution in [2.24, 2.45) is 5.73 Å². The molecular formula is C8H18N2O4S. The van der Waals surface area contributed by atoms with Crippen molar-refractivity contribution in [1.29, 1.82) is 0 Å². The van der Waals surface area contributed by atoms with Crippen LogP contribution >= 0.6 is 0 Å². The molecule has 6 nitrogen and oxygen atoms in total. The molecule has 0 saturated heterocycles. The molecule has 0 amide bonds. The van der Waals surface area contributed by atoms with Gasteiger partial charge in [0.15, 0.2) is 0 Å². The maximum atomic E-state index is 11.5. The van der Waals surface area contributed by atoms with Crippen LogP contribution in [0, 0.1) is 0 Å². The fraction of sp³-hybridized carbons (Fsp3) is 0.875. The van der Waals surface area contributed by atoms with Gasteiger partial charge in [-0.3, -0.25) is 4.79 Å². The molecule has 0 radical (unpaired) electrons. The van der Waals surface area contributed by atoms with Crippen molar-refractivity contribution in [1.82, 2.24) is 4.72 Å². The molecule has 0 aromatic carbocycles. The molecule has 15 heavy (non-hydrogen) atoms. The quantitative estimate of drug-likeness (QED) is 0.598. The third-order valence-electron chi connectivity index (χ3n) is 1.87. The fourth-order valence-electron chi connectivity index (χ4n) is 0.689. The first kappa shape index (κ1) is 14.3. The Morgan fingerprint density at radius 1 is 1.47 bits per heavy atom. The summed E-state index contributed by atoms with van der Waals surface area (Å²) < 4.78 is 24.4. The van der Waals surface area contributed by atoms with Gasteiger partial charge in [0, 0.05) is 6.54 Å². The van der Waals surface area contributed by atoms with Crippen LogP contribution in [0.25, 0.3) is 0 Å². The summed E-state index contributed by atoms with van der Waals surface area (Å²) in [4.78, 5) is 10.3. The number of carbonyl (C=O) groups is 1. The third kappa shape index (κ3) is 4.59. The Hall–Kier alpha value is -0.660. The Balaban J connectivity index is 4.14. The van der Waals surface area contributed by atoms with Crippen molar-refractivity contribution in [2.75, 3.05) is 6.54 Å². The Kier molecular flexibility index (Phi) is 4.69. The second-order valence-corrected chi connectivity index (χ2v) is 6.76. The zero-order chi connectivity index (χ0) is 12.3. The molecule has 0 aliphatic rings. The van der Waals surface area contributed by atoms with Gasteiger partial charge in [0.1, 0.15) is 6.04 Å². The normalized spacial score (nSPS) is 14.9. The molecule has 7 heteroatoms. The van der Waals surface area contributed by atoms with E-state index in [1.807, 2.05) is 0 Å². The van der Waals surface area contributed by atoms with Gasteiger partial charge in [-0.1, -0.05) is 0 Å². The zero-order valence-electron chi connectivity index (χ0n) is 9.15. The summed E-state index contributed by atoms with van der Waals surface area (Å²) >= 11 is 0. The van der Waals surface area contributed by atoms with Crippen molar-refractivity contribution in [2.45, 2.75) is 38.0 Å². The molecule has 4 N–H and O–H groups in total. The van der Waals surface area contributed by atoms with E-state index in [4.69, 9.17) is 10.8 Å². The third-order valence-corrected chi connectivity index (χ3v) is 4.07. The largest absolute Gasteiger partial charge is 0.480 e. The monoisotopic (exact) mass is 238 g/mol. The van der Waals surface area contributed by atoms with Crippen molar-refractivity contribution in [3.8, 4) is 0 Å². The van der Waals surface area contributed by atoms with Gasteiger partial charge >= 0.3 is 5.97 Å². The Labute approximate surface area is 89.9 Å². The van der Waals surface area contributed by atoms with Gasteiger partial charge in [-0.25, -0.2) is 13.1 Å². The summed E-state index contributed by atoms with van der Waals surface area (Å²) in [5, 5.41) is 8.47. The summed E-state index contributed by atoms with van der Waals surface area (Å²) in [5.41, 5.74) is 5.22. The molecule has 0 aromatic rings. The van der Waals surface area contributed by atoms with E-state index in [1.54, 1.807) is 20.8 Å². The molecule has 0 heterocycles. The molecular weight excluding hydrogens is 220 g/mol. The topological polar surface area (TPSA) is 109 Å². The predicted octanol–water partition coefficient (Wildman–Crippen LogP) is -0.494. The van der Waals surface area contributed by atoms with E-state index < -0.39 is 26.8 Å². The molecule has 0 fully saturated rings. The van der Waals surface area contributed by atoms with Gasteiger partial charge in [-0.15, -0.1) is 0 Å². The van der Waals surface area contributed by atoms with Gasteiger partial charge < -0.3 is 10.8 Å². The smallest absolute Gasteiger partial charge is 0.320 e. The lowest BCUT2D eigenvalue weighted by molar-refractivity contribution is -0.138. The zero-order valence-corrected chi connectivity index (χ0v) is 9.97. The number of nitrogens with one attached hydrogen (secondary N) is 1. The fourth-order valence-corrected chi connectivity index (χ4v) is 1.51. The molecule has 0 aliphatic heterocycles. The van der Waals surface area contributed by atoms with E-state index in [0.717, 1.165) is 0 Å². The number of rotatable bonds is 5. The molecule has 0 aromatic heterocycles. The number of carboxylic acids is 1. The number of hydrogen-bond acceptors (Lipinski definition) is 4. The van der Waals surface area contributed by atoms with Crippen LogP contribution in [0.1, 0.15) is 27.2 Å². The van der Waals surface area contributed by atoms with Crippen LogP contribution in [0.15, 0.2) is 0 Å². The van der Waals surface area contributed by atoms with Gasteiger partial charge in [-0.05, 0) is 27.2 Å². The Morgan fingerprint density at radius 2 is 1.93 bits per heavy atom. The summed E-state index contributed by atoms with van der Waals surface area (Å²) in [6.45, 7) is 4.72. The highest BCUT2D eigenvalue weighted by molar-refractivity contribution is 7.90. The lowest BCUT2D eigenvalue weighted by Crippen LogP contribution is -2.42. The van der Waals surface area contributed by atoms with E-state index in [9.17, 15) is 13.2 Å². The molecule has 1 unspecified atom stereocenters. The van der Waals surface area contributed by atoms with Gasteiger partial charge in [0.25, 0.3) is 0 Å². The number of hydrogen-bond donors (Lipinski definition) is 3. The molecule has 90 valence electrons. The average Bonchev–Trinajstić information content (AvgIpc) is 2.01. The molecule has 0 bridgehead atoms.